The Balaban J connectivity index is 2.79. The number of anilines is 1. The molecule has 0 aliphatic rings. The first kappa shape index (κ1) is 13.0. The number of nitrogens with zero attached hydrogens (tertiary/aromatic N) is 1. The quantitative estimate of drug-likeness (QED) is 0.356. The van der Waals surface area contributed by atoms with Gasteiger partial charge >= 0.3 is 0 Å². The van der Waals surface area contributed by atoms with Gasteiger partial charge < -0.3 is 11.1 Å². The van der Waals surface area contributed by atoms with Crippen LogP contribution in [0.4, 0.5) is 5.69 Å². The molecule has 3 N–H and O–H groups in total. The maximum absolute atomic E-state index is 10.6. The Bertz CT molecular complexity index is 523. The van der Waals surface area contributed by atoms with Gasteiger partial charge in [-0.1, -0.05) is 11.8 Å². The van der Waals surface area contributed by atoms with Crippen molar-refractivity contribution in [2.24, 2.45) is 0 Å². The number of thiocyanates is 1. The smallest absolute Gasteiger partial charge is 0.217 e. The molecule has 0 saturated carbocycles. The summed E-state index contributed by atoms with van der Waals surface area (Å²) in [6.45, 7) is 1.71. The molecule has 0 aromatic heterocycles. The molecule has 0 radical (unpaired) electrons. The van der Waals surface area contributed by atoms with E-state index in [4.69, 9.17) is 11.0 Å². The number of carbonyl (C=O) groups excluding carboxylic acids is 1. The summed E-state index contributed by atoms with van der Waals surface area (Å²) >= 11 is 1.05. The number of nitrogens with two attached hydrogens (primary N) is 1. The van der Waals surface area contributed by atoms with Gasteiger partial charge in [0.15, 0.2) is 0 Å². The fourth-order valence-corrected chi connectivity index (χ4v) is 1.49. The van der Waals surface area contributed by atoms with E-state index in [-0.39, 0.29) is 12.5 Å². The summed E-state index contributed by atoms with van der Waals surface area (Å²) in [5.41, 5.74) is 6.97. The predicted octanol–water partition coefficient (Wildman–Crippen LogP) is 1.33. The molecule has 5 heteroatoms. The number of hydrogen-bond acceptors (Lipinski definition) is 4. The summed E-state index contributed by atoms with van der Waals surface area (Å²) in [7, 11) is 0. The van der Waals surface area contributed by atoms with Crippen molar-refractivity contribution in [3.63, 3.8) is 0 Å². The average molecular weight is 245 g/mol. The van der Waals surface area contributed by atoms with Crippen LogP contribution >= 0.6 is 11.8 Å². The molecule has 0 atom stereocenters. The summed E-state index contributed by atoms with van der Waals surface area (Å²) in [5, 5.41) is 13.1. The minimum absolute atomic E-state index is 0.124. The standard InChI is InChI=1S/C12H11N3OS/c1-9(16)15-6-2-3-10-7-11(17-8-13)4-5-12(10)14/h4-5,7H,6,14H2,1H3,(H,15,16). The Hall–Kier alpha value is -2.11. The highest BCUT2D eigenvalue weighted by molar-refractivity contribution is 8.03. The topological polar surface area (TPSA) is 78.9 Å². The maximum Gasteiger partial charge on any atom is 0.217 e. The third-order valence-corrected chi connectivity index (χ3v) is 2.42. The summed E-state index contributed by atoms with van der Waals surface area (Å²) < 4.78 is 0. The Morgan fingerprint density at radius 2 is 2.35 bits per heavy atom. The average Bonchev–Trinajstić information content (AvgIpc) is 2.28. The number of nitriles is 1. The van der Waals surface area contributed by atoms with Crippen molar-refractivity contribution in [3.8, 4) is 17.2 Å². The molecular formula is C12H11N3OS. The zero-order chi connectivity index (χ0) is 12.7. The van der Waals surface area contributed by atoms with Crippen molar-refractivity contribution in [1.29, 1.82) is 5.26 Å². The van der Waals surface area contributed by atoms with Gasteiger partial charge in [-0.3, -0.25) is 4.79 Å². The van der Waals surface area contributed by atoms with E-state index in [1.807, 2.05) is 5.40 Å². The number of carbonyl (C=O) groups is 1. The van der Waals surface area contributed by atoms with E-state index >= 15 is 0 Å². The number of nitrogen functional groups attached to an aromatic ring is 1. The van der Waals surface area contributed by atoms with Crippen molar-refractivity contribution < 1.29 is 4.79 Å². The lowest BCUT2D eigenvalue weighted by Gasteiger charge is -2.00. The number of amides is 1. The van der Waals surface area contributed by atoms with Crippen LogP contribution in [0.15, 0.2) is 23.1 Å². The minimum atomic E-state index is -0.124. The number of benzene rings is 1. The predicted molar refractivity (Wildman–Crippen MR) is 67.9 cm³/mol. The van der Waals surface area contributed by atoms with E-state index in [9.17, 15) is 4.79 Å². The van der Waals surface area contributed by atoms with Gasteiger partial charge in [-0.25, -0.2) is 0 Å². The van der Waals surface area contributed by atoms with Crippen LogP contribution < -0.4 is 11.1 Å². The fourth-order valence-electron chi connectivity index (χ4n) is 1.07. The van der Waals surface area contributed by atoms with Crippen LogP contribution in [0, 0.1) is 22.5 Å². The van der Waals surface area contributed by atoms with E-state index in [2.05, 4.69) is 17.2 Å². The highest BCUT2D eigenvalue weighted by Gasteiger charge is 1.98. The SMILES string of the molecule is CC(=O)NCC#Cc1cc(SC#N)ccc1N. The number of rotatable bonds is 2. The summed E-state index contributed by atoms with van der Waals surface area (Å²) in [6, 6.07) is 5.23. The fraction of sp³-hybridized carbons (Fsp3) is 0.167. The molecule has 1 amide bonds. The van der Waals surface area contributed by atoms with Gasteiger partial charge in [0.1, 0.15) is 5.40 Å². The molecule has 0 saturated heterocycles. The molecule has 0 spiro atoms. The van der Waals surface area contributed by atoms with Crippen molar-refractivity contribution in [2.75, 3.05) is 12.3 Å². The van der Waals surface area contributed by atoms with E-state index in [0.717, 1.165) is 16.7 Å². The van der Waals surface area contributed by atoms with Crippen LogP contribution in [-0.2, 0) is 4.79 Å². The first-order valence-corrected chi connectivity index (χ1v) is 5.64. The first-order valence-electron chi connectivity index (χ1n) is 4.82. The molecule has 1 aromatic carbocycles. The van der Waals surface area contributed by atoms with E-state index in [1.54, 1.807) is 18.2 Å². The summed E-state index contributed by atoms with van der Waals surface area (Å²) in [5.74, 6) is 5.52. The van der Waals surface area contributed by atoms with E-state index in [1.165, 1.54) is 6.92 Å². The van der Waals surface area contributed by atoms with Crippen LogP contribution in [0.2, 0.25) is 0 Å². The van der Waals surface area contributed by atoms with Crippen LogP contribution in [0.3, 0.4) is 0 Å². The maximum atomic E-state index is 10.6. The molecule has 0 aliphatic carbocycles. The molecule has 17 heavy (non-hydrogen) atoms. The third-order valence-electron chi connectivity index (χ3n) is 1.84. The van der Waals surface area contributed by atoms with Gasteiger partial charge in [-0.2, -0.15) is 5.26 Å². The monoisotopic (exact) mass is 245 g/mol. The van der Waals surface area contributed by atoms with Gasteiger partial charge in [-0.15, -0.1) is 0 Å². The van der Waals surface area contributed by atoms with Gasteiger partial charge in [0.05, 0.1) is 6.54 Å². The molecule has 0 heterocycles. The Morgan fingerprint density at radius 3 is 3.00 bits per heavy atom. The first-order chi connectivity index (χ1) is 8.13. The normalized spacial score (nSPS) is 8.71. The molecule has 86 valence electrons. The van der Waals surface area contributed by atoms with E-state index < -0.39 is 0 Å². The molecule has 0 aliphatic heterocycles. The van der Waals surface area contributed by atoms with Crippen LogP contribution in [0.5, 0.6) is 0 Å². The Labute approximate surface area is 104 Å². The Kier molecular flexibility index (Phi) is 4.93. The molecule has 0 fully saturated rings. The summed E-state index contributed by atoms with van der Waals surface area (Å²) in [4.78, 5) is 11.4. The number of thioether (sulfide) groups is 1. The summed E-state index contributed by atoms with van der Waals surface area (Å²) in [6.07, 6.45) is 0. The molecular weight excluding hydrogens is 234 g/mol. The highest BCUT2D eigenvalue weighted by Crippen LogP contribution is 2.21. The molecule has 0 unspecified atom stereocenters. The second-order valence-corrected chi connectivity index (χ2v) is 4.01. The molecule has 4 nitrogen and oxygen atoms in total. The lowest BCUT2D eigenvalue weighted by molar-refractivity contribution is -0.118. The van der Waals surface area contributed by atoms with E-state index in [0.29, 0.717) is 11.3 Å². The zero-order valence-corrected chi connectivity index (χ0v) is 10.1. The van der Waals surface area contributed by atoms with Crippen LogP contribution in [-0.4, -0.2) is 12.5 Å². The van der Waals surface area contributed by atoms with Crippen molar-refractivity contribution in [2.45, 2.75) is 11.8 Å². The number of hydrogen-bond donors (Lipinski definition) is 2. The lowest BCUT2D eigenvalue weighted by Crippen LogP contribution is -2.19. The van der Waals surface area contributed by atoms with Gasteiger partial charge in [0, 0.05) is 23.1 Å². The molecule has 1 rings (SSSR count). The van der Waals surface area contributed by atoms with Crippen molar-refractivity contribution >= 4 is 23.4 Å². The van der Waals surface area contributed by atoms with Crippen molar-refractivity contribution in [1.82, 2.24) is 5.32 Å². The molecule has 0 bridgehead atoms. The lowest BCUT2D eigenvalue weighted by atomic mass is 10.2. The second-order valence-electron chi connectivity index (χ2n) is 3.15. The molecule has 1 aromatic rings. The van der Waals surface area contributed by atoms with Gasteiger partial charge in [0.25, 0.3) is 0 Å². The highest BCUT2D eigenvalue weighted by atomic mass is 32.2. The van der Waals surface area contributed by atoms with Crippen molar-refractivity contribution in [3.05, 3.63) is 23.8 Å². The third kappa shape index (κ3) is 4.50. The zero-order valence-electron chi connectivity index (χ0n) is 9.28. The second kappa shape index (κ2) is 6.47. The van der Waals surface area contributed by atoms with Gasteiger partial charge in [0.2, 0.25) is 5.91 Å². The van der Waals surface area contributed by atoms with Gasteiger partial charge in [-0.05, 0) is 30.0 Å². The van der Waals surface area contributed by atoms with Crippen LogP contribution in [0.25, 0.3) is 0 Å². The van der Waals surface area contributed by atoms with Crippen LogP contribution in [0.1, 0.15) is 12.5 Å². The minimum Gasteiger partial charge on any atom is -0.398 e. The Morgan fingerprint density at radius 1 is 1.59 bits per heavy atom. The number of nitrogens with one attached hydrogen (secondary N) is 1. The largest absolute Gasteiger partial charge is 0.398 e.